The summed E-state index contributed by atoms with van der Waals surface area (Å²) in [5.41, 5.74) is 5.57. The first-order valence-corrected chi connectivity index (χ1v) is 13.7. The van der Waals surface area contributed by atoms with E-state index in [9.17, 15) is 19.5 Å². The van der Waals surface area contributed by atoms with Crippen LogP contribution >= 0.6 is 0 Å². The number of aliphatic hydroxyl groups is 1. The van der Waals surface area contributed by atoms with Crippen molar-refractivity contribution < 1.29 is 19.5 Å². The van der Waals surface area contributed by atoms with E-state index in [-0.39, 0.29) is 30.7 Å². The van der Waals surface area contributed by atoms with Crippen molar-refractivity contribution in [3.8, 4) is 0 Å². The molecular weight excluding hydrogens is 480 g/mol. The molecule has 0 bridgehead atoms. The maximum Gasteiger partial charge on any atom is 0.234 e. The van der Waals surface area contributed by atoms with Gasteiger partial charge in [-0.15, -0.1) is 0 Å². The Morgan fingerprint density at radius 1 is 1.03 bits per heavy atom. The van der Waals surface area contributed by atoms with Crippen molar-refractivity contribution in [1.82, 2.24) is 15.8 Å². The Balaban J connectivity index is 1.62. The summed E-state index contributed by atoms with van der Waals surface area (Å²) < 4.78 is 0. The van der Waals surface area contributed by atoms with Crippen LogP contribution in [-0.4, -0.2) is 59.6 Å². The van der Waals surface area contributed by atoms with Crippen LogP contribution in [0.5, 0.6) is 0 Å². The number of hydrogen-bond acceptors (Lipinski definition) is 5. The van der Waals surface area contributed by atoms with Gasteiger partial charge in [-0.05, 0) is 48.4 Å². The van der Waals surface area contributed by atoms with Crippen molar-refractivity contribution in [2.24, 2.45) is 5.92 Å². The molecule has 8 heteroatoms. The first-order valence-electron chi connectivity index (χ1n) is 13.7. The largest absolute Gasteiger partial charge is 0.390 e. The first-order chi connectivity index (χ1) is 18.2. The zero-order valence-corrected chi connectivity index (χ0v) is 22.9. The van der Waals surface area contributed by atoms with Crippen LogP contribution < -0.4 is 15.6 Å². The van der Waals surface area contributed by atoms with Crippen LogP contribution in [0, 0.1) is 5.92 Å². The van der Waals surface area contributed by atoms with Crippen molar-refractivity contribution >= 4 is 23.4 Å². The Kier molecular flexibility index (Phi) is 11.3. The van der Waals surface area contributed by atoms with E-state index in [0.29, 0.717) is 31.7 Å². The van der Waals surface area contributed by atoms with Gasteiger partial charge in [0.05, 0.1) is 18.6 Å². The fourth-order valence-electron chi connectivity index (χ4n) is 4.57. The van der Waals surface area contributed by atoms with Crippen molar-refractivity contribution in [1.29, 1.82) is 0 Å². The summed E-state index contributed by atoms with van der Waals surface area (Å²) in [6, 6.07) is 16.7. The number of rotatable bonds is 14. The maximum atomic E-state index is 13.0. The molecule has 1 saturated heterocycles. The van der Waals surface area contributed by atoms with Crippen LogP contribution in [0.15, 0.2) is 54.6 Å². The van der Waals surface area contributed by atoms with E-state index in [2.05, 4.69) is 24.6 Å². The number of likely N-dealkylation sites (N-methyl/N-ethyl adjacent to an activating group) is 1. The van der Waals surface area contributed by atoms with Gasteiger partial charge < -0.3 is 15.3 Å². The van der Waals surface area contributed by atoms with Crippen LogP contribution in [0.4, 0.5) is 5.69 Å². The Morgan fingerprint density at radius 2 is 1.74 bits per heavy atom. The second kappa shape index (κ2) is 14.6. The first kappa shape index (κ1) is 29.3. The second-order valence-electron chi connectivity index (χ2n) is 10.4. The minimum Gasteiger partial charge on any atom is -0.390 e. The third-order valence-electron chi connectivity index (χ3n) is 6.82. The Labute approximate surface area is 226 Å². The van der Waals surface area contributed by atoms with Gasteiger partial charge in [0.25, 0.3) is 0 Å². The molecule has 2 aromatic carbocycles. The molecule has 3 amide bonds. The number of nitrogens with one attached hydrogen (secondary N) is 2. The van der Waals surface area contributed by atoms with E-state index in [1.807, 2.05) is 61.5 Å². The van der Waals surface area contributed by atoms with Gasteiger partial charge in [0.15, 0.2) is 0 Å². The lowest BCUT2D eigenvalue weighted by molar-refractivity contribution is -0.127. The molecule has 1 aliphatic heterocycles. The highest BCUT2D eigenvalue weighted by molar-refractivity contribution is 5.95. The Morgan fingerprint density at radius 3 is 2.34 bits per heavy atom. The van der Waals surface area contributed by atoms with Crippen LogP contribution in [0.2, 0.25) is 0 Å². The summed E-state index contributed by atoms with van der Waals surface area (Å²) in [7, 11) is 0. The number of hydrazine groups is 1. The van der Waals surface area contributed by atoms with E-state index < -0.39 is 12.1 Å². The zero-order valence-electron chi connectivity index (χ0n) is 22.9. The highest BCUT2D eigenvalue weighted by atomic mass is 16.3. The third-order valence-corrected chi connectivity index (χ3v) is 6.82. The quantitative estimate of drug-likeness (QED) is 0.331. The lowest BCUT2D eigenvalue weighted by atomic mass is 10.00. The number of carbonyl (C=O) groups excluding carboxylic acids is 3. The SMILES string of the molecule is CCN(CC(O)C(Cc1ccccc1)NC(=O)Cc1ccc(N2CCCC2=O)cc1)NC(=O)CCC(C)C. The number of nitrogens with zero attached hydrogens (tertiary/aromatic N) is 2. The van der Waals surface area contributed by atoms with Crippen molar-refractivity contribution in [3.63, 3.8) is 0 Å². The Bertz CT molecular complexity index is 1040. The molecule has 2 atom stereocenters. The standard InChI is InChI=1S/C30H42N4O4/c1-4-33(32-28(36)17-12-22(2)3)21-27(35)26(19-23-9-6-5-7-10-23)31-29(37)20-24-13-15-25(16-14-24)34-18-8-11-30(34)38/h5-7,9-10,13-16,22,26-27,35H,4,8,11-12,17-21H2,1-3H3,(H,31,37)(H,32,36). The van der Waals surface area contributed by atoms with Gasteiger partial charge in [0.1, 0.15) is 0 Å². The summed E-state index contributed by atoms with van der Waals surface area (Å²) in [6.07, 6.45) is 2.40. The van der Waals surface area contributed by atoms with Crippen LogP contribution in [-0.2, 0) is 27.2 Å². The predicted molar refractivity (Wildman–Crippen MR) is 149 cm³/mol. The van der Waals surface area contributed by atoms with Crippen LogP contribution in [0.25, 0.3) is 0 Å². The highest BCUT2D eigenvalue weighted by Gasteiger charge is 2.25. The van der Waals surface area contributed by atoms with Gasteiger partial charge in [-0.25, -0.2) is 5.01 Å². The number of benzene rings is 2. The topological polar surface area (TPSA) is 102 Å². The van der Waals surface area contributed by atoms with Crippen molar-refractivity contribution in [2.75, 3.05) is 24.5 Å². The molecule has 1 aliphatic rings. The van der Waals surface area contributed by atoms with Crippen molar-refractivity contribution in [2.45, 2.75) is 71.4 Å². The summed E-state index contributed by atoms with van der Waals surface area (Å²) >= 11 is 0. The normalized spacial score (nSPS) is 15.1. The molecule has 0 spiro atoms. The molecule has 2 unspecified atom stereocenters. The highest BCUT2D eigenvalue weighted by Crippen LogP contribution is 2.21. The van der Waals surface area contributed by atoms with Crippen LogP contribution in [0.1, 0.15) is 57.6 Å². The monoisotopic (exact) mass is 522 g/mol. The number of hydrogen-bond donors (Lipinski definition) is 3. The molecule has 0 radical (unpaired) electrons. The van der Waals surface area contributed by atoms with E-state index >= 15 is 0 Å². The van der Waals surface area contributed by atoms with E-state index in [4.69, 9.17) is 0 Å². The summed E-state index contributed by atoms with van der Waals surface area (Å²) in [6.45, 7) is 7.52. The van der Waals surface area contributed by atoms with Crippen molar-refractivity contribution in [3.05, 3.63) is 65.7 Å². The number of anilines is 1. The Hall–Kier alpha value is -3.23. The lowest BCUT2D eigenvalue weighted by Gasteiger charge is -2.30. The molecule has 2 aromatic rings. The van der Waals surface area contributed by atoms with Gasteiger partial charge >= 0.3 is 0 Å². The lowest BCUT2D eigenvalue weighted by Crippen LogP contribution is -2.53. The second-order valence-corrected chi connectivity index (χ2v) is 10.4. The van der Waals surface area contributed by atoms with Crippen LogP contribution in [0.3, 0.4) is 0 Å². The fraction of sp³-hybridized carbons (Fsp3) is 0.500. The molecule has 0 aliphatic carbocycles. The molecule has 0 aromatic heterocycles. The number of aliphatic hydroxyl groups excluding tert-OH is 1. The minimum atomic E-state index is -0.895. The number of amides is 3. The van der Waals surface area contributed by atoms with E-state index in [1.165, 1.54) is 0 Å². The summed E-state index contributed by atoms with van der Waals surface area (Å²) in [4.78, 5) is 39.1. The minimum absolute atomic E-state index is 0.0736. The molecule has 0 saturated carbocycles. The van der Waals surface area contributed by atoms with Gasteiger partial charge in [-0.3, -0.25) is 19.8 Å². The third kappa shape index (κ3) is 9.26. The maximum absolute atomic E-state index is 13.0. The van der Waals surface area contributed by atoms with E-state index in [0.717, 1.165) is 36.2 Å². The molecule has 1 fully saturated rings. The van der Waals surface area contributed by atoms with Gasteiger partial charge in [0, 0.05) is 38.2 Å². The van der Waals surface area contributed by atoms with Gasteiger partial charge in [-0.2, -0.15) is 0 Å². The average Bonchev–Trinajstić information content (AvgIpc) is 3.33. The van der Waals surface area contributed by atoms with Gasteiger partial charge in [0.2, 0.25) is 17.7 Å². The molecule has 206 valence electrons. The summed E-state index contributed by atoms with van der Waals surface area (Å²) in [5.74, 6) is 0.297. The molecular formula is C30H42N4O4. The zero-order chi connectivity index (χ0) is 27.5. The fourth-order valence-corrected chi connectivity index (χ4v) is 4.57. The molecule has 8 nitrogen and oxygen atoms in total. The molecule has 3 rings (SSSR count). The predicted octanol–water partition coefficient (Wildman–Crippen LogP) is 3.23. The van der Waals surface area contributed by atoms with E-state index in [1.54, 1.807) is 9.91 Å². The molecule has 3 N–H and O–H groups in total. The number of carbonyl (C=O) groups is 3. The molecule has 38 heavy (non-hydrogen) atoms. The average molecular weight is 523 g/mol. The van der Waals surface area contributed by atoms with Gasteiger partial charge in [-0.1, -0.05) is 63.2 Å². The summed E-state index contributed by atoms with van der Waals surface area (Å²) in [5, 5.41) is 15.9. The molecule has 1 heterocycles. The smallest absolute Gasteiger partial charge is 0.234 e.